The number of halogens is 1. The summed E-state index contributed by atoms with van der Waals surface area (Å²) in [4.78, 5) is 15.8. The number of nitro groups is 1. The van der Waals surface area contributed by atoms with Crippen molar-refractivity contribution in [2.24, 2.45) is 0 Å². The van der Waals surface area contributed by atoms with Gasteiger partial charge in [0.15, 0.2) is 0 Å². The van der Waals surface area contributed by atoms with Crippen LogP contribution < -0.4 is 10.6 Å². The van der Waals surface area contributed by atoms with Gasteiger partial charge in [0.05, 0.1) is 4.92 Å². The third-order valence-corrected chi connectivity index (χ3v) is 2.78. The van der Waals surface area contributed by atoms with Crippen molar-refractivity contribution in [3.05, 3.63) is 57.9 Å². The predicted molar refractivity (Wildman–Crippen MR) is 73.8 cm³/mol. The SMILES string of the molecule is CN(Cc1cccc(F)c1)c1ccc([N+](=O)[O-])c(N)n1. The molecule has 0 amide bonds. The van der Waals surface area contributed by atoms with E-state index in [0.717, 1.165) is 5.56 Å². The highest BCUT2D eigenvalue weighted by Crippen LogP contribution is 2.23. The highest BCUT2D eigenvalue weighted by molar-refractivity contribution is 5.57. The van der Waals surface area contributed by atoms with Gasteiger partial charge in [-0.1, -0.05) is 12.1 Å². The predicted octanol–water partition coefficient (Wildman–Crippen LogP) is 2.35. The van der Waals surface area contributed by atoms with Gasteiger partial charge in [-0.3, -0.25) is 10.1 Å². The number of nitrogens with zero attached hydrogens (tertiary/aromatic N) is 3. The summed E-state index contributed by atoms with van der Waals surface area (Å²) in [5, 5.41) is 10.7. The Morgan fingerprint density at radius 1 is 1.40 bits per heavy atom. The Balaban J connectivity index is 2.19. The van der Waals surface area contributed by atoms with Gasteiger partial charge in [0.1, 0.15) is 11.6 Å². The van der Waals surface area contributed by atoms with Crippen molar-refractivity contribution in [2.45, 2.75) is 6.54 Å². The Morgan fingerprint density at radius 2 is 2.15 bits per heavy atom. The largest absolute Gasteiger partial charge is 0.378 e. The Labute approximate surface area is 114 Å². The van der Waals surface area contributed by atoms with Crippen molar-refractivity contribution in [3.63, 3.8) is 0 Å². The molecule has 1 aromatic heterocycles. The van der Waals surface area contributed by atoms with E-state index >= 15 is 0 Å². The first-order chi connectivity index (χ1) is 9.47. The maximum Gasteiger partial charge on any atom is 0.311 e. The molecule has 0 aliphatic rings. The van der Waals surface area contributed by atoms with Gasteiger partial charge in [-0.15, -0.1) is 0 Å². The highest BCUT2D eigenvalue weighted by Gasteiger charge is 2.14. The van der Waals surface area contributed by atoms with Gasteiger partial charge in [0.2, 0.25) is 5.82 Å². The fourth-order valence-corrected chi connectivity index (χ4v) is 1.81. The Hall–Kier alpha value is -2.70. The fraction of sp³-hybridized carbons (Fsp3) is 0.154. The molecule has 0 unspecified atom stereocenters. The van der Waals surface area contributed by atoms with Crippen molar-refractivity contribution in [2.75, 3.05) is 17.7 Å². The zero-order valence-electron chi connectivity index (χ0n) is 10.8. The number of anilines is 2. The first-order valence-corrected chi connectivity index (χ1v) is 5.84. The molecule has 0 fully saturated rings. The van der Waals surface area contributed by atoms with E-state index in [1.54, 1.807) is 24.1 Å². The number of pyridine rings is 1. The monoisotopic (exact) mass is 276 g/mol. The molecule has 0 radical (unpaired) electrons. The summed E-state index contributed by atoms with van der Waals surface area (Å²) in [6.07, 6.45) is 0. The van der Waals surface area contributed by atoms with Crippen LogP contribution in [0.5, 0.6) is 0 Å². The lowest BCUT2D eigenvalue weighted by Gasteiger charge is -2.18. The Morgan fingerprint density at radius 3 is 2.75 bits per heavy atom. The van der Waals surface area contributed by atoms with E-state index in [0.29, 0.717) is 12.4 Å². The summed E-state index contributed by atoms with van der Waals surface area (Å²) < 4.78 is 13.1. The molecule has 1 aromatic carbocycles. The van der Waals surface area contributed by atoms with Crippen molar-refractivity contribution in [1.29, 1.82) is 0 Å². The van der Waals surface area contributed by atoms with Gasteiger partial charge in [-0.2, -0.15) is 0 Å². The number of nitrogen functional groups attached to an aromatic ring is 1. The van der Waals surface area contributed by atoms with Crippen LogP contribution in [-0.2, 0) is 6.54 Å². The van der Waals surface area contributed by atoms with Crippen molar-refractivity contribution in [1.82, 2.24) is 4.98 Å². The summed E-state index contributed by atoms with van der Waals surface area (Å²) in [6, 6.07) is 9.01. The lowest BCUT2D eigenvalue weighted by atomic mass is 10.2. The van der Waals surface area contributed by atoms with Crippen LogP contribution in [-0.4, -0.2) is 17.0 Å². The summed E-state index contributed by atoms with van der Waals surface area (Å²) in [6.45, 7) is 0.419. The van der Waals surface area contributed by atoms with Gasteiger partial charge in [-0.25, -0.2) is 9.37 Å². The number of aromatic nitrogens is 1. The summed E-state index contributed by atoms with van der Waals surface area (Å²) >= 11 is 0. The van der Waals surface area contributed by atoms with Crippen LogP contribution in [0.4, 0.5) is 21.7 Å². The van der Waals surface area contributed by atoms with Crippen molar-refractivity contribution in [3.8, 4) is 0 Å². The van der Waals surface area contributed by atoms with E-state index in [1.165, 1.54) is 24.3 Å². The highest BCUT2D eigenvalue weighted by atomic mass is 19.1. The molecule has 0 saturated heterocycles. The molecule has 7 heteroatoms. The molecular weight excluding hydrogens is 263 g/mol. The van der Waals surface area contributed by atoms with E-state index in [2.05, 4.69) is 4.98 Å². The Bertz CT molecular complexity index is 648. The first-order valence-electron chi connectivity index (χ1n) is 5.84. The molecule has 104 valence electrons. The van der Waals surface area contributed by atoms with Crippen LogP contribution >= 0.6 is 0 Å². The molecule has 0 aliphatic heterocycles. The summed E-state index contributed by atoms with van der Waals surface area (Å²) in [5.74, 6) is 0.0306. The number of benzene rings is 1. The molecule has 6 nitrogen and oxygen atoms in total. The minimum Gasteiger partial charge on any atom is -0.378 e. The molecule has 2 N–H and O–H groups in total. The van der Waals surface area contributed by atoms with Crippen LogP contribution in [0.1, 0.15) is 5.56 Å². The lowest BCUT2D eigenvalue weighted by Crippen LogP contribution is -2.18. The molecular formula is C13H13FN4O2. The van der Waals surface area contributed by atoms with E-state index in [4.69, 9.17) is 5.73 Å². The molecule has 20 heavy (non-hydrogen) atoms. The average molecular weight is 276 g/mol. The lowest BCUT2D eigenvalue weighted by molar-refractivity contribution is -0.384. The maximum absolute atomic E-state index is 13.1. The zero-order chi connectivity index (χ0) is 14.7. The maximum atomic E-state index is 13.1. The van der Waals surface area contributed by atoms with E-state index in [1.807, 2.05) is 0 Å². The molecule has 0 bridgehead atoms. The minimum atomic E-state index is -0.585. The molecule has 2 aromatic rings. The number of rotatable bonds is 4. The van der Waals surface area contributed by atoms with Crippen LogP contribution in [0, 0.1) is 15.9 Å². The molecule has 0 aliphatic carbocycles. The van der Waals surface area contributed by atoms with Crippen molar-refractivity contribution < 1.29 is 9.31 Å². The first kappa shape index (κ1) is 13.7. The van der Waals surface area contributed by atoms with E-state index < -0.39 is 4.92 Å². The van der Waals surface area contributed by atoms with Gasteiger partial charge < -0.3 is 10.6 Å². The third-order valence-electron chi connectivity index (χ3n) is 2.78. The minimum absolute atomic E-state index is 0.140. The molecule has 0 atom stereocenters. The van der Waals surface area contributed by atoms with Gasteiger partial charge in [0.25, 0.3) is 0 Å². The van der Waals surface area contributed by atoms with Crippen LogP contribution in [0.15, 0.2) is 36.4 Å². The zero-order valence-corrected chi connectivity index (χ0v) is 10.8. The standard InChI is InChI=1S/C13H13FN4O2/c1-17(8-9-3-2-4-10(14)7-9)12-6-5-11(18(19)20)13(15)16-12/h2-7H,8H2,1H3,(H2,15,16). The number of hydrogen-bond donors (Lipinski definition) is 1. The summed E-state index contributed by atoms with van der Waals surface area (Å²) in [7, 11) is 1.75. The molecule has 1 heterocycles. The molecule has 0 spiro atoms. The molecule has 2 rings (SSSR count). The van der Waals surface area contributed by atoms with Gasteiger partial charge >= 0.3 is 5.69 Å². The van der Waals surface area contributed by atoms with Crippen molar-refractivity contribution >= 4 is 17.3 Å². The summed E-state index contributed by atoms with van der Waals surface area (Å²) in [5.41, 5.74) is 6.08. The third kappa shape index (κ3) is 3.00. The number of hydrogen-bond acceptors (Lipinski definition) is 5. The second-order valence-electron chi connectivity index (χ2n) is 4.32. The smallest absolute Gasteiger partial charge is 0.311 e. The van der Waals surface area contributed by atoms with E-state index in [9.17, 15) is 14.5 Å². The fourth-order valence-electron chi connectivity index (χ4n) is 1.81. The average Bonchev–Trinajstić information content (AvgIpc) is 2.38. The normalized spacial score (nSPS) is 10.3. The van der Waals surface area contributed by atoms with Crippen LogP contribution in [0.3, 0.4) is 0 Å². The van der Waals surface area contributed by atoms with Gasteiger partial charge in [-0.05, 0) is 23.8 Å². The van der Waals surface area contributed by atoms with Gasteiger partial charge in [0, 0.05) is 19.7 Å². The van der Waals surface area contributed by atoms with Crippen LogP contribution in [0.25, 0.3) is 0 Å². The van der Waals surface area contributed by atoms with Crippen LogP contribution in [0.2, 0.25) is 0 Å². The second kappa shape index (κ2) is 5.52. The number of nitrogens with two attached hydrogens (primary N) is 1. The van der Waals surface area contributed by atoms with E-state index in [-0.39, 0.29) is 17.3 Å². The topological polar surface area (TPSA) is 85.3 Å². The quantitative estimate of drug-likeness (QED) is 0.684. The second-order valence-corrected chi connectivity index (χ2v) is 4.32. The molecule has 0 saturated carbocycles. The Kier molecular flexibility index (Phi) is 3.79.